The molecule has 0 saturated heterocycles. The molecule has 130 valence electrons. The summed E-state index contributed by atoms with van der Waals surface area (Å²) in [7, 11) is 1.37. The molecular weight excluding hydrogens is 328 g/mol. The zero-order valence-electron chi connectivity index (χ0n) is 13.8. The lowest BCUT2D eigenvalue weighted by Gasteiger charge is -2.36. The molecule has 0 fully saturated rings. The Morgan fingerprint density at radius 3 is 2.56 bits per heavy atom. The monoisotopic (exact) mass is 345 g/mol. The van der Waals surface area contributed by atoms with Crippen LogP contribution in [0.4, 0.5) is 14.5 Å². The highest BCUT2D eigenvalue weighted by Crippen LogP contribution is 2.42. The van der Waals surface area contributed by atoms with Gasteiger partial charge >= 0.3 is 5.97 Å². The molecule has 1 heterocycles. The summed E-state index contributed by atoms with van der Waals surface area (Å²) in [5.41, 5.74) is 1.89. The zero-order valence-corrected chi connectivity index (χ0v) is 13.8. The molecule has 0 bridgehead atoms. The van der Waals surface area contributed by atoms with Crippen molar-refractivity contribution in [3.63, 3.8) is 0 Å². The van der Waals surface area contributed by atoms with Gasteiger partial charge in [0.25, 0.3) is 0 Å². The van der Waals surface area contributed by atoms with E-state index in [9.17, 15) is 18.7 Å². The van der Waals surface area contributed by atoms with E-state index < -0.39 is 23.5 Å². The number of carboxylic acid groups (broad SMARTS) is 1. The molecule has 0 aromatic heterocycles. The van der Waals surface area contributed by atoms with Crippen molar-refractivity contribution in [3.05, 3.63) is 76.7 Å². The van der Waals surface area contributed by atoms with Crippen LogP contribution in [0.15, 0.2) is 53.9 Å². The average molecular weight is 345 g/mol. The highest BCUT2D eigenvalue weighted by atomic mass is 19.1. The topological polar surface area (TPSA) is 49.8 Å². The Labute approximate surface area is 144 Å². The van der Waals surface area contributed by atoms with Crippen LogP contribution in [-0.4, -0.2) is 18.2 Å². The minimum atomic E-state index is -1.11. The Kier molecular flexibility index (Phi) is 4.44. The summed E-state index contributed by atoms with van der Waals surface area (Å²) in [5, 5.41) is 9.62. The second-order valence-electron chi connectivity index (χ2n) is 5.87. The van der Waals surface area contributed by atoms with Crippen LogP contribution in [0.2, 0.25) is 0 Å². The molecule has 1 atom stereocenters. The van der Waals surface area contributed by atoms with Gasteiger partial charge in [0.2, 0.25) is 5.88 Å². The van der Waals surface area contributed by atoms with Crippen molar-refractivity contribution in [2.75, 3.05) is 12.0 Å². The molecule has 4 nitrogen and oxygen atoms in total. The second-order valence-corrected chi connectivity index (χ2v) is 5.87. The van der Waals surface area contributed by atoms with E-state index in [1.165, 1.54) is 31.4 Å². The lowest BCUT2D eigenvalue weighted by molar-refractivity contribution is -0.133. The molecule has 1 aliphatic heterocycles. The first-order valence-corrected chi connectivity index (χ1v) is 7.75. The van der Waals surface area contributed by atoms with E-state index in [4.69, 9.17) is 4.74 Å². The van der Waals surface area contributed by atoms with Crippen LogP contribution >= 0.6 is 0 Å². The number of halogens is 2. The van der Waals surface area contributed by atoms with Crippen molar-refractivity contribution >= 4 is 11.7 Å². The van der Waals surface area contributed by atoms with E-state index in [0.717, 1.165) is 0 Å². The molecule has 2 aromatic rings. The number of carbonyl (C=O) groups is 1. The normalized spacial score (nSPS) is 16.6. The van der Waals surface area contributed by atoms with Crippen molar-refractivity contribution in [1.29, 1.82) is 0 Å². The highest BCUT2D eigenvalue weighted by molar-refractivity contribution is 5.92. The molecule has 6 heteroatoms. The van der Waals surface area contributed by atoms with Crippen LogP contribution in [0.5, 0.6) is 0 Å². The van der Waals surface area contributed by atoms with Gasteiger partial charge in [-0.15, -0.1) is 0 Å². The van der Waals surface area contributed by atoms with Gasteiger partial charge in [-0.05, 0) is 35.4 Å². The Hall–Kier alpha value is -2.89. The molecule has 25 heavy (non-hydrogen) atoms. The molecule has 1 aliphatic rings. The Balaban J connectivity index is 2.17. The van der Waals surface area contributed by atoms with Gasteiger partial charge in [-0.1, -0.05) is 25.1 Å². The minimum Gasteiger partial charge on any atom is -0.482 e. The molecule has 0 spiro atoms. The predicted octanol–water partition coefficient (Wildman–Crippen LogP) is 4.03. The van der Waals surface area contributed by atoms with E-state index in [1.807, 2.05) is 0 Å². The van der Waals surface area contributed by atoms with Crippen molar-refractivity contribution in [3.8, 4) is 0 Å². The summed E-state index contributed by atoms with van der Waals surface area (Å²) in [5.74, 6) is -2.29. The first kappa shape index (κ1) is 17.0. The third-order valence-electron chi connectivity index (χ3n) is 4.31. The van der Waals surface area contributed by atoms with E-state index >= 15 is 0 Å². The third kappa shape index (κ3) is 3.07. The third-order valence-corrected chi connectivity index (χ3v) is 4.31. The smallest absolute Gasteiger partial charge is 0.337 e. The SMILES string of the molecule is COC1=C(C(=O)O)C(C)c2ccc(F)cc2N1Cc1cccc(F)c1. The molecule has 0 amide bonds. The number of methoxy groups -OCH3 is 1. The van der Waals surface area contributed by atoms with Crippen LogP contribution < -0.4 is 4.90 Å². The van der Waals surface area contributed by atoms with Crippen molar-refractivity contribution < 1.29 is 23.4 Å². The summed E-state index contributed by atoms with van der Waals surface area (Å²) >= 11 is 0. The van der Waals surface area contributed by atoms with Gasteiger partial charge in [0.15, 0.2) is 0 Å². The summed E-state index contributed by atoms with van der Waals surface area (Å²) in [6.45, 7) is 1.89. The van der Waals surface area contributed by atoms with Gasteiger partial charge in [-0.2, -0.15) is 0 Å². The molecule has 0 saturated carbocycles. The fraction of sp³-hybridized carbons (Fsp3) is 0.211. The van der Waals surface area contributed by atoms with E-state index in [-0.39, 0.29) is 18.0 Å². The standard InChI is InChI=1S/C19H17F2NO3/c1-11-15-7-6-14(21)9-16(15)22(18(25-2)17(11)19(23)24)10-12-4-3-5-13(20)8-12/h3-9,11H,10H2,1-2H3,(H,23,24). The Morgan fingerprint density at radius 1 is 1.20 bits per heavy atom. The molecular formula is C19H17F2NO3. The summed E-state index contributed by atoms with van der Waals surface area (Å²) < 4.78 is 32.7. The quantitative estimate of drug-likeness (QED) is 0.909. The molecule has 0 radical (unpaired) electrons. The van der Waals surface area contributed by atoms with Crippen LogP contribution in [0.3, 0.4) is 0 Å². The van der Waals surface area contributed by atoms with E-state index in [0.29, 0.717) is 16.8 Å². The van der Waals surface area contributed by atoms with E-state index in [1.54, 1.807) is 30.0 Å². The Morgan fingerprint density at radius 2 is 1.92 bits per heavy atom. The summed E-state index contributed by atoms with van der Waals surface area (Å²) in [6.07, 6.45) is 0. The van der Waals surface area contributed by atoms with Crippen molar-refractivity contribution in [2.24, 2.45) is 0 Å². The molecule has 1 N–H and O–H groups in total. The lowest BCUT2D eigenvalue weighted by atomic mass is 9.87. The molecule has 0 aliphatic carbocycles. The maximum absolute atomic E-state index is 13.8. The van der Waals surface area contributed by atoms with Gasteiger partial charge in [0.05, 0.1) is 19.3 Å². The number of hydrogen-bond acceptors (Lipinski definition) is 3. The summed E-state index contributed by atoms with van der Waals surface area (Å²) in [6, 6.07) is 10.2. The van der Waals surface area contributed by atoms with Gasteiger partial charge in [0.1, 0.15) is 17.2 Å². The zero-order chi connectivity index (χ0) is 18.1. The number of nitrogens with zero attached hydrogens (tertiary/aromatic N) is 1. The van der Waals surface area contributed by atoms with Crippen molar-refractivity contribution in [2.45, 2.75) is 19.4 Å². The lowest BCUT2D eigenvalue weighted by Crippen LogP contribution is -2.33. The highest BCUT2D eigenvalue weighted by Gasteiger charge is 2.35. The number of ether oxygens (including phenoxy) is 1. The molecule has 1 unspecified atom stereocenters. The molecule has 3 rings (SSSR count). The summed E-state index contributed by atoms with van der Waals surface area (Å²) in [4.78, 5) is 13.3. The number of anilines is 1. The fourth-order valence-corrected chi connectivity index (χ4v) is 3.18. The van der Waals surface area contributed by atoms with Gasteiger partial charge < -0.3 is 14.7 Å². The van der Waals surface area contributed by atoms with Gasteiger partial charge in [0, 0.05) is 5.92 Å². The number of hydrogen-bond donors (Lipinski definition) is 1. The minimum absolute atomic E-state index is 0.0815. The van der Waals surface area contributed by atoms with Crippen LogP contribution in [-0.2, 0) is 16.1 Å². The van der Waals surface area contributed by atoms with Gasteiger partial charge in [-0.3, -0.25) is 0 Å². The number of benzene rings is 2. The van der Waals surface area contributed by atoms with Crippen LogP contribution in [0.1, 0.15) is 24.0 Å². The fourth-order valence-electron chi connectivity index (χ4n) is 3.18. The average Bonchev–Trinajstić information content (AvgIpc) is 2.56. The van der Waals surface area contributed by atoms with Crippen LogP contribution in [0.25, 0.3) is 0 Å². The number of fused-ring (bicyclic) bond motifs is 1. The largest absolute Gasteiger partial charge is 0.482 e. The maximum Gasteiger partial charge on any atom is 0.337 e. The number of rotatable bonds is 4. The van der Waals surface area contributed by atoms with E-state index in [2.05, 4.69) is 0 Å². The first-order chi connectivity index (χ1) is 11.9. The Bertz CT molecular complexity index is 863. The second kappa shape index (κ2) is 6.55. The predicted molar refractivity (Wildman–Crippen MR) is 89.1 cm³/mol. The number of carboxylic acids is 1. The van der Waals surface area contributed by atoms with Crippen molar-refractivity contribution in [1.82, 2.24) is 0 Å². The van der Waals surface area contributed by atoms with Gasteiger partial charge in [-0.25, -0.2) is 13.6 Å². The maximum atomic E-state index is 13.8. The number of aliphatic carboxylic acids is 1. The van der Waals surface area contributed by atoms with Crippen LogP contribution in [0, 0.1) is 11.6 Å². The first-order valence-electron chi connectivity index (χ1n) is 7.75. The molecule has 2 aromatic carbocycles.